The second-order valence-electron chi connectivity index (χ2n) is 4.78. The van der Waals surface area contributed by atoms with Crippen molar-refractivity contribution in [3.63, 3.8) is 0 Å². The average molecular weight is 334 g/mol. The Labute approximate surface area is 135 Å². The Morgan fingerprint density at radius 2 is 1.78 bits per heavy atom. The highest BCUT2D eigenvalue weighted by Gasteiger charge is 2.16. The third-order valence-corrected chi connectivity index (χ3v) is 4.31. The number of methoxy groups -OCH3 is 2. The summed E-state index contributed by atoms with van der Waals surface area (Å²) in [4.78, 5) is 2.22. The van der Waals surface area contributed by atoms with Crippen molar-refractivity contribution in [2.45, 2.75) is 11.8 Å². The molecule has 0 aromatic heterocycles. The normalized spacial score (nSPS) is 11.4. The quantitative estimate of drug-likeness (QED) is 0.650. The summed E-state index contributed by atoms with van der Waals surface area (Å²) in [6, 6.07) is 11.9. The first-order chi connectivity index (χ1) is 11.0. The van der Waals surface area contributed by atoms with Crippen LogP contribution in [0.4, 0.5) is 0 Å². The van der Waals surface area contributed by atoms with E-state index in [1.165, 1.54) is 38.6 Å². The molecule has 0 saturated heterocycles. The summed E-state index contributed by atoms with van der Waals surface area (Å²) in [6.45, 7) is 1.95. The van der Waals surface area contributed by atoms with Crippen LogP contribution in [0, 0.1) is 6.92 Å². The van der Waals surface area contributed by atoms with E-state index in [1.807, 2.05) is 31.2 Å². The van der Waals surface area contributed by atoms with Crippen LogP contribution in [-0.4, -0.2) is 28.9 Å². The number of hydrogen-bond acceptors (Lipinski definition) is 5. The number of benzene rings is 2. The molecular weight excluding hydrogens is 316 g/mol. The highest BCUT2D eigenvalue weighted by Crippen LogP contribution is 2.29. The summed E-state index contributed by atoms with van der Waals surface area (Å²) in [7, 11) is -0.857. The zero-order valence-corrected chi connectivity index (χ0v) is 13.9. The van der Waals surface area contributed by atoms with Crippen molar-refractivity contribution in [3.8, 4) is 11.5 Å². The zero-order chi connectivity index (χ0) is 16.9. The van der Waals surface area contributed by atoms with Crippen molar-refractivity contribution < 1.29 is 17.9 Å². The minimum Gasteiger partial charge on any atom is -0.493 e. The van der Waals surface area contributed by atoms with E-state index in [9.17, 15) is 8.42 Å². The number of sulfonamides is 1. The highest BCUT2D eigenvalue weighted by atomic mass is 32.2. The van der Waals surface area contributed by atoms with Crippen LogP contribution in [0.3, 0.4) is 0 Å². The lowest BCUT2D eigenvalue weighted by atomic mass is 10.2. The molecule has 2 rings (SSSR count). The van der Waals surface area contributed by atoms with Crippen molar-refractivity contribution in [2.24, 2.45) is 5.10 Å². The van der Waals surface area contributed by atoms with Crippen LogP contribution >= 0.6 is 0 Å². The van der Waals surface area contributed by atoms with Gasteiger partial charge in [-0.25, -0.2) is 4.83 Å². The van der Waals surface area contributed by atoms with Gasteiger partial charge in [-0.3, -0.25) is 0 Å². The van der Waals surface area contributed by atoms with Gasteiger partial charge in [-0.2, -0.15) is 13.5 Å². The van der Waals surface area contributed by atoms with E-state index in [2.05, 4.69) is 9.93 Å². The first kappa shape index (κ1) is 16.8. The molecule has 0 aliphatic heterocycles. The van der Waals surface area contributed by atoms with Crippen molar-refractivity contribution in [2.75, 3.05) is 14.2 Å². The number of ether oxygens (including phenoxy) is 2. The number of hydrazone groups is 1. The van der Waals surface area contributed by atoms with Gasteiger partial charge in [0.2, 0.25) is 0 Å². The van der Waals surface area contributed by atoms with Crippen LogP contribution in [0.5, 0.6) is 11.5 Å². The van der Waals surface area contributed by atoms with Crippen molar-refractivity contribution in [1.29, 1.82) is 0 Å². The van der Waals surface area contributed by atoms with Gasteiger partial charge in [-0.1, -0.05) is 29.8 Å². The van der Waals surface area contributed by atoms with Crippen LogP contribution in [0.15, 0.2) is 52.5 Å². The van der Waals surface area contributed by atoms with Gasteiger partial charge in [0.1, 0.15) is 0 Å². The smallest absolute Gasteiger partial charge is 0.276 e. The first-order valence-corrected chi connectivity index (χ1v) is 8.28. The van der Waals surface area contributed by atoms with E-state index in [-0.39, 0.29) is 4.90 Å². The average Bonchev–Trinajstić information content (AvgIpc) is 2.54. The van der Waals surface area contributed by atoms with Gasteiger partial charge in [-0.15, -0.1) is 0 Å². The first-order valence-electron chi connectivity index (χ1n) is 6.80. The molecule has 0 saturated carbocycles. The molecule has 2 aromatic carbocycles. The predicted octanol–water partition coefficient (Wildman–Crippen LogP) is 2.32. The molecule has 0 atom stereocenters. The SMILES string of the molecule is COc1ccc(S(=O)(=O)N/N=C/c2cccc(C)c2)cc1OC. The van der Waals surface area contributed by atoms with Crippen LogP contribution in [-0.2, 0) is 10.0 Å². The van der Waals surface area contributed by atoms with Crippen LogP contribution in [0.1, 0.15) is 11.1 Å². The minimum absolute atomic E-state index is 0.0385. The highest BCUT2D eigenvalue weighted by molar-refractivity contribution is 7.89. The van der Waals surface area contributed by atoms with Crippen LogP contribution in [0.25, 0.3) is 0 Å². The Bertz CT molecular complexity index is 817. The Morgan fingerprint density at radius 3 is 2.43 bits per heavy atom. The van der Waals surface area contributed by atoms with E-state index >= 15 is 0 Å². The Morgan fingerprint density at radius 1 is 1.04 bits per heavy atom. The number of aryl methyl sites for hydroxylation is 1. The summed E-state index contributed by atoms with van der Waals surface area (Å²) < 4.78 is 34.7. The second kappa shape index (κ2) is 7.15. The van der Waals surface area contributed by atoms with Crippen molar-refractivity contribution in [3.05, 3.63) is 53.6 Å². The van der Waals surface area contributed by atoms with Gasteiger partial charge in [-0.05, 0) is 24.6 Å². The lowest BCUT2D eigenvalue weighted by Crippen LogP contribution is -2.18. The van der Waals surface area contributed by atoms with Gasteiger partial charge in [0.05, 0.1) is 25.3 Å². The summed E-state index contributed by atoms with van der Waals surface area (Å²) in [6.07, 6.45) is 1.45. The molecule has 0 spiro atoms. The summed E-state index contributed by atoms with van der Waals surface area (Å²) in [5, 5.41) is 3.79. The molecule has 0 fully saturated rings. The lowest BCUT2D eigenvalue weighted by molar-refractivity contribution is 0.354. The lowest BCUT2D eigenvalue weighted by Gasteiger charge is -2.09. The molecule has 6 nitrogen and oxygen atoms in total. The van der Waals surface area contributed by atoms with E-state index in [0.29, 0.717) is 11.5 Å². The third-order valence-electron chi connectivity index (χ3n) is 3.09. The maximum Gasteiger partial charge on any atom is 0.276 e. The van der Waals surface area contributed by atoms with Crippen molar-refractivity contribution in [1.82, 2.24) is 4.83 Å². The van der Waals surface area contributed by atoms with Crippen molar-refractivity contribution >= 4 is 16.2 Å². The molecule has 0 aliphatic carbocycles. The minimum atomic E-state index is -3.78. The van der Waals surface area contributed by atoms with Gasteiger partial charge in [0.15, 0.2) is 11.5 Å². The zero-order valence-electron chi connectivity index (χ0n) is 13.1. The van der Waals surface area contributed by atoms with Gasteiger partial charge < -0.3 is 9.47 Å². The number of rotatable bonds is 6. The fourth-order valence-electron chi connectivity index (χ4n) is 1.96. The number of nitrogens with zero attached hydrogens (tertiary/aromatic N) is 1. The Balaban J connectivity index is 2.19. The largest absolute Gasteiger partial charge is 0.493 e. The fraction of sp³-hybridized carbons (Fsp3) is 0.188. The molecule has 0 heterocycles. The second-order valence-corrected chi connectivity index (χ2v) is 6.44. The van der Waals surface area contributed by atoms with E-state index in [0.717, 1.165) is 11.1 Å². The topological polar surface area (TPSA) is 77.0 Å². The molecule has 0 unspecified atom stereocenters. The summed E-state index contributed by atoms with van der Waals surface area (Å²) in [5.41, 5.74) is 1.87. The predicted molar refractivity (Wildman–Crippen MR) is 88.6 cm³/mol. The standard InChI is InChI=1S/C16H18N2O4S/c1-12-5-4-6-13(9-12)11-17-18-23(19,20)14-7-8-15(21-2)16(10-14)22-3/h4-11,18H,1-3H3/b17-11+. The Hall–Kier alpha value is -2.54. The molecular formula is C16H18N2O4S. The van der Waals surface area contributed by atoms with Gasteiger partial charge in [0, 0.05) is 6.07 Å². The molecule has 0 radical (unpaired) electrons. The molecule has 1 N–H and O–H groups in total. The molecule has 122 valence electrons. The van der Waals surface area contributed by atoms with Crippen LogP contribution < -0.4 is 14.3 Å². The summed E-state index contributed by atoms with van der Waals surface area (Å²) >= 11 is 0. The van der Waals surface area contributed by atoms with E-state index in [4.69, 9.17) is 9.47 Å². The maximum atomic E-state index is 12.2. The fourth-order valence-corrected chi connectivity index (χ4v) is 2.76. The molecule has 0 amide bonds. The molecule has 2 aromatic rings. The van der Waals surface area contributed by atoms with E-state index < -0.39 is 10.0 Å². The number of hydrogen-bond donors (Lipinski definition) is 1. The Kier molecular flexibility index (Phi) is 5.23. The molecule has 0 aliphatic rings. The summed E-state index contributed by atoms with van der Waals surface area (Å²) in [5.74, 6) is 0.785. The van der Waals surface area contributed by atoms with E-state index in [1.54, 1.807) is 0 Å². The van der Waals surface area contributed by atoms with Gasteiger partial charge in [0.25, 0.3) is 10.0 Å². The third kappa shape index (κ3) is 4.23. The molecule has 0 bridgehead atoms. The number of nitrogens with one attached hydrogen (secondary N) is 1. The van der Waals surface area contributed by atoms with Crippen LogP contribution in [0.2, 0.25) is 0 Å². The van der Waals surface area contributed by atoms with Gasteiger partial charge >= 0.3 is 0 Å². The maximum absolute atomic E-state index is 12.2. The molecule has 7 heteroatoms. The molecule has 23 heavy (non-hydrogen) atoms. The monoisotopic (exact) mass is 334 g/mol.